The molecule has 0 bridgehead atoms. The molecule has 0 saturated carbocycles. The molecule has 1 fully saturated rings. The molecule has 22 heavy (non-hydrogen) atoms. The molecule has 3 atom stereocenters. The van der Waals surface area contributed by atoms with Crippen molar-refractivity contribution in [3.05, 3.63) is 28.8 Å². The molecular formula is C16H20ClNO4. The summed E-state index contributed by atoms with van der Waals surface area (Å²) in [5.41, 5.74) is 0.874. The van der Waals surface area contributed by atoms with E-state index < -0.39 is 18.0 Å². The van der Waals surface area contributed by atoms with Crippen LogP contribution in [0.5, 0.6) is 5.75 Å². The van der Waals surface area contributed by atoms with Gasteiger partial charge in [-0.1, -0.05) is 11.6 Å². The van der Waals surface area contributed by atoms with Crippen LogP contribution in [0.1, 0.15) is 25.8 Å². The van der Waals surface area contributed by atoms with Crippen molar-refractivity contribution in [2.45, 2.75) is 39.3 Å². The fraction of sp³-hybridized carbons (Fsp3) is 0.500. The highest BCUT2D eigenvalue weighted by Crippen LogP contribution is 2.26. The monoisotopic (exact) mass is 325 g/mol. The minimum atomic E-state index is -0.857. The summed E-state index contributed by atoms with van der Waals surface area (Å²) in [7, 11) is 0. The molecule has 2 rings (SSSR count). The zero-order chi connectivity index (χ0) is 16.4. The average molecular weight is 326 g/mol. The SMILES string of the molecule is Cc1cc(OC(C)C(=O)N2CCC(C(=O)O)C2C)ccc1Cl. The Labute approximate surface area is 134 Å². The van der Waals surface area contributed by atoms with E-state index in [9.17, 15) is 9.59 Å². The predicted molar refractivity (Wildman–Crippen MR) is 83.2 cm³/mol. The van der Waals surface area contributed by atoms with Gasteiger partial charge in [0.25, 0.3) is 5.91 Å². The number of ether oxygens (including phenoxy) is 1. The zero-order valence-electron chi connectivity index (χ0n) is 12.9. The largest absolute Gasteiger partial charge is 0.481 e. The summed E-state index contributed by atoms with van der Waals surface area (Å²) < 4.78 is 5.67. The topological polar surface area (TPSA) is 66.8 Å². The smallest absolute Gasteiger partial charge is 0.308 e. The number of aliphatic carboxylic acids is 1. The third kappa shape index (κ3) is 3.35. The first-order chi connectivity index (χ1) is 10.3. The molecule has 1 heterocycles. The van der Waals surface area contributed by atoms with Gasteiger partial charge >= 0.3 is 5.97 Å². The summed E-state index contributed by atoms with van der Waals surface area (Å²) in [5, 5.41) is 9.77. The molecule has 1 saturated heterocycles. The number of hydrogen-bond donors (Lipinski definition) is 1. The summed E-state index contributed by atoms with van der Waals surface area (Å²) >= 11 is 5.96. The molecule has 0 aliphatic carbocycles. The van der Waals surface area contributed by atoms with Crippen LogP contribution in [0, 0.1) is 12.8 Å². The Morgan fingerprint density at radius 3 is 2.68 bits per heavy atom. The minimum absolute atomic E-state index is 0.191. The number of aryl methyl sites for hydroxylation is 1. The molecule has 120 valence electrons. The van der Waals surface area contributed by atoms with E-state index in [1.54, 1.807) is 36.9 Å². The Bertz CT molecular complexity index is 590. The highest BCUT2D eigenvalue weighted by Gasteiger charge is 2.39. The number of carbonyl (C=O) groups is 2. The van der Waals surface area contributed by atoms with Crippen molar-refractivity contribution < 1.29 is 19.4 Å². The highest BCUT2D eigenvalue weighted by atomic mass is 35.5. The lowest BCUT2D eigenvalue weighted by Gasteiger charge is -2.26. The van der Waals surface area contributed by atoms with Crippen molar-refractivity contribution in [2.24, 2.45) is 5.92 Å². The van der Waals surface area contributed by atoms with Crippen LogP contribution >= 0.6 is 11.6 Å². The molecule has 1 N–H and O–H groups in total. The van der Waals surface area contributed by atoms with Crippen molar-refractivity contribution in [3.8, 4) is 5.75 Å². The number of carbonyl (C=O) groups excluding carboxylic acids is 1. The van der Waals surface area contributed by atoms with Gasteiger partial charge in [0, 0.05) is 17.6 Å². The Balaban J connectivity index is 2.03. The summed E-state index contributed by atoms with van der Waals surface area (Å²) in [4.78, 5) is 25.2. The fourth-order valence-corrected chi connectivity index (χ4v) is 2.88. The maximum Gasteiger partial charge on any atom is 0.308 e. The Hall–Kier alpha value is -1.75. The van der Waals surface area contributed by atoms with Crippen LogP contribution in [0.2, 0.25) is 5.02 Å². The number of carboxylic acid groups (broad SMARTS) is 1. The van der Waals surface area contributed by atoms with Gasteiger partial charge in [-0.25, -0.2) is 0 Å². The molecule has 1 aliphatic rings. The lowest BCUT2D eigenvalue weighted by Crippen LogP contribution is -2.44. The van der Waals surface area contributed by atoms with E-state index in [0.29, 0.717) is 23.7 Å². The first-order valence-electron chi connectivity index (χ1n) is 7.27. The first-order valence-corrected chi connectivity index (χ1v) is 7.65. The van der Waals surface area contributed by atoms with Crippen LogP contribution < -0.4 is 4.74 Å². The molecule has 1 aliphatic heterocycles. The molecule has 0 aromatic heterocycles. The van der Waals surface area contributed by atoms with E-state index in [1.807, 2.05) is 6.92 Å². The number of carboxylic acids is 1. The summed E-state index contributed by atoms with van der Waals surface area (Å²) in [6, 6.07) is 4.90. The molecular weight excluding hydrogens is 306 g/mol. The van der Waals surface area contributed by atoms with E-state index in [4.69, 9.17) is 21.4 Å². The van der Waals surface area contributed by atoms with Gasteiger partial charge in [-0.3, -0.25) is 9.59 Å². The number of halogens is 1. The summed E-state index contributed by atoms with van der Waals surface area (Å²) in [6.45, 7) is 5.75. The van der Waals surface area contributed by atoms with Crippen molar-refractivity contribution in [1.82, 2.24) is 4.90 Å². The Morgan fingerprint density at radius 1 is 1.45 bits per heavy atom. The van der Waals surface area contributed by atoms with Gasteiger partial charge in [0.1, 0.15) is 5.75 Å². The second-order valence-corrected chi connectivity index (χ2v) is 6.08. The van der Waals surface area contributed by atoms with Crippen molar-refractivity contribution in [1.29, 1.82) is 0 Å². The van der Waals surface area contributed by atoms with E-state index in [0.717, 1.165) is 5.56 Å². The van der Waals surface area contributed by atoms with E-state index in [2.05, 4.69) is 0 Å². The third-order valence-electron chi connectivity index (χ3n) is 4.15. The van der Waals surface area contributed by atoms with E-state index in [-0.39, 0.29) is 11.9 Å². The quantitative estimate of drug-likeness (QED) is 0.924. The van der Waals surface area contributed by atoms with Crippen LogP contribution in [0.3, 0.4) is 0 Å². The molecule has 0 spiro atoms. The number of likely N-dealkylation sites (tertiary alicyclic amines) is 1. The number of benzene rings is 1. The molecule has 3 unspecified atom stereocenters. The normalized spacial score (nSPS) is 22.5. The molecule has 5 nitrogen and oxygen atoms in total. The van der Waals surface area contributed by atoms with E-state index in [1.165, 1.54) is 0 Å². The summed E-state index contributed by atoms with van der Waals surface area (Å²) in [5.74, 6) is -0.980. The Kier molecular flexibility index (Phi) is 4.96. The van der Waals surface area contributed by atoms with Gasteiger partial charge < -0.3 is 14.7 Å². The minimum Gasteiger partial charge on any atom is -0.481 e. The van der Waals surface area contributed by atoms with Gasteiger partial charge in [0.15, 0.2) is 6.10 Å². The van der Waals surface area contributed by atoms with Crippen molar-refractivity contribution >= 4 is 23.5 Å². The standard InChI is InChI=1S/C16H20ClNO4/c1-9-8-12(4-5-14(9)17)22-11(3)15(19)18-7-6-13(10(18)2)16(20)21/h4-5,8,10-11,13H,6-7H2,1-3H3,(H,20,21). The van der Waals surface area contributed by atoms with Gasteiger partial charge in [0.2, 0.25) is 0 Å². The molecule has 1 aromatic carbocycles. The maximum atomic E-state index is 12.5. The third-order valence-corrected chi connectivity index (χ3v) is 4.57. The summed E-state index contributed by atoms with van der Waals surface area (Å²) in [6.07, 6.45) is -0.190. The number of rotatable bonds is 4. The maximum absolute atomic E-state index is 12.5. The van der Waals surface area contributed by atoms with E-state index >= 15 is 0 Å². The second-order valence-electron chi connectivity index (χ2n) is 5.68. The van der Waals surface area contributed by atoms with Gasteiger partial charge in [0.05, 0.1) is 5.92 Å². The van der Waals surface area contributed by atoms with Crippen molar-refractivity contribution in [3.63, 3.8) is 0 Å². The highest BCUT2D eigenvalue weighted by molar-refractivity contribution is 6.31. The lowest BCUT2D eigenvalue weighted by atomic mass is 10.0. The van der Waals surface area contributed by atoms with Gasteiger partial charge in [-0.2, -0.15) is 0 Å². The predicted octanol–water partition coefficient (Wildman–Crippen LogP) is 2.74. The zero-order valence-corrected chi connectivity index (χ0v) is 13.6. The first kappa shape index (κ1) is 16.6. The number of hydrogen-bond acceptors (Lipinski definition) is 3. The fourth-order valence-electron chi connectivity index (χ4n) is 2.76. The molecule has 6 heteroatoms. The van der Waals surface area contributed by atoms with Crippen LogP contribution in [0.25, 0.3) is 0 Å². The molecule has 1 amide bonds. The van der Waals surface area contributed by atoms with Crippen LogP contribution in [0.15, 0.2) is 18.2 Å². The lowest BCUT2D eigenvalue weighted by molar-refractivity contribution is -0.144. The Morgan fingerprint density at radius 2 is 2.14 bits per heavy atom. The second kappa shape index (κ2) is 6.57. The van der Waals surface area contributed by atoms with Crippen molar-refractivity contribution in [2.75, 3.05) is 6.54 Å². The molecule has 0 radical (unpaired) electrons. The van der Waals surface area contributed by atoms with Crippen LogP contribution in [-0.4, -0.2) is 40.6 Å². The van der Waals surface area contributed by atoms with Crippen LogP contribution in [-0.2, 0) is 9.59 Å². The average Bonchev–Trinajstić information content (AvgIpc) is 2.84. The number of nitrogens with zero attached hydrogens (tertiary/aromatic N) is 1. The van der Waals surface area contributed by atoms with Gasteiger partial charge in [-0.15, -0.1) is 0 Å². The van der Waals surface area contributed by atoms with Crippen LogP contribution in [0.4, 0.5) is 0 Å². The molecule has 1 aromatic rings. The van der Waals surface area contributed by atoms with Gasteiger partial charge in [-0.05, 0) is 51.0 Å². The number of amides is 1.